The number of rotatable bonds is 5. The molecule has 19 heavy (non-hydrogen) atoms. The monoisotopic (exact) mass is 338 g/mol. The Bertz CT molecular complexity index is 551. The molecule has 0 saturated carbocycles. The van der Waals surface area contributed by atoms with E-state index in [1.54, 1.807) is 11.3 Å². The van der Waals surface area contributed by atoms with Crippen molar-refractivity contribution in [1.82, 2.24) is 10.3 Å². The minimum absolute atomic E-state index is 0.0342. The smallest absolute Gasteiger partial charge is 0.251 e. The minimum Gasteiger partial charge on any atom is -0.352 e. The summed E-state index contributed by atoms with van der Waals surface area (Å²) in [6.45, 7) is 2.60. The van der Waals surface area contributed by atoms with E-state index in [4.69, 9.17) is 0 Å². The first-order valence-electron chi connectivity index (χ1n) is 6.03. The van der Waals surface area contributed by atoms with Gasteiger partial charge in [-0.05, 0) is 24.6 Å². The van der Waals surface area contributed by atoms with Gasteiger partial charge in [-0.25, -0.2) is 4.98 Å². The summed E-state index contributed by atoms with van der Waals surface area (Å²) in [6, 6.07) is 7.60. The molecule has 0 spiro atoms. The number of hydrogen-bond acceptors (Lipinski definition) is 3. The Labute approximate surface area is 125 Å². The second kappa shape index (κ2) is 6.82. The lowest BCUT2D eigenvalue weighted by Crippen LogP contribution is -2.25. The van der Waals surface area contributed by atoms with E-state index < -0.39 is 0 Å². The molecule has 1 N–H and O–H groups in total. The largest absolute Gasteiger partial charge is 0.352 e. The van der Waals surface area contributed by atoms with Crippen molar-refractivity contribution in [1.29, 1.82) is 0 Å². The van der Waals surface area contributed by atoms with Crippen LogP contribution in [0.2, 0.25) is 0 Å². The van der Waals surface area contributed by atoms with Crippen molar-refractivity contribution in [3.05, 3.63) is 51.5 Å². The molecule has 5 heteroatoms. The molecule has 0 unspecified atom stereocenters. The summed E-state index contributed by atoms with van der Waals surface area (Å²) in [5.74, 6) is -0.0342. The average molecular weight is 339 g/mol. The molecule has 2 rings (SSSR count). The fourth-order valence-electron chi connectivity index (χ4n) is 1.67. The Morgan fingerprint density at radius 1 is 1.37 bits per heavy atom. The predicted molar refractivity (Wildman–Crippen MR) is 82.0 cm³/mol. The van der Waals surface area contributed by atoms with Gasteiger partial charge in [0.1, 0.15) is 0 Å². The second-order valence-electron chi connectivity index (χ2n) is 4.19. The minimum atomic E-state index is -0.0342. The molecule has 0 bridgehead atoms. The maximum absolute atomic E-state index is 11.9. The zero-order valence-electron chi connectivity index (χ0n) is 10.6. The molecular formula is C14H15BrN2OS. The summed E-state index contributed by atoms with van der Waals surface area (Å²) in [7, 11) is 0. The molecule has 0 aliphatic carbocycles. The van der Waals surface area contributed by atoms with Crippen LogP contribution in [0.5, 0.6) is 0 Å². The molecule has 1 aromatic carbocycles. The summed E-state index contributed by atoms with van der Waals surface area (Å²) < 4.78 is 0. The average Bonchev–Trinajstić information content (AvgIpc) is 2.84. The number of benzene rings is 1. The van der Waals surface area contributed by atoms with Gasteiger partial charge < -0.3 is 5.32 Å². The molecule has 0 aliphatic heterocycles. The number of nitrogens with zero attached hydrogens (tertiary/aromatic N) is 1. The van der Waals surface area contributed by atoms with Crippen LogP contribution in [-0.2, 0) is 11.8 Å². The standard InChI is InChI=1S/C14H15BrN2OS/c1-10-17-13(9-19-10)6-7-16-14(18)12-4-2-11(8-15)3-5-12/h2-5,9H,6-8H2,1H3,(H,16,18). The van der Waals surface area contributed by atoms with Crippen molar-refractivity contribution in [2.24, 2.45) is 0 Å². The summed E-state index contributed by atoms with van der Waals surface area (Å²) in [4.78, 5) is 16.3. The number of hydrogen-bond donors (Lipinski definition) is 1. The fraction of sp³-hybridized carbons (Fsp3) is 0.286. The summed E-state index contributed by atoms with van der Waals surface area (Å²) in [5, 5.41) is 6.81. The van der Waals surface area contributed by atoms with Crippen LogP contribution >= 0.6 is 27.3 Å². The number of thiazole rings is 1. The Morgan fingerprint density at radius 3 is 2.68 bits per heavy atom. The first kappa shape index (κ1) is 14.2. The van der Waals surface area contributed by atoms with Crippen LogP contribution in [0.4, 0.5) is 0 Å². The number of halogens is 1. The van der Waals surface area contributed by atoms with Crippen LogP contribution in [0.25, 0.3) is 0 Å². The van der Waals surface area contributed by atoms with Crippen LogP contribution in [0, 0.1) is 6.92 Å². The number of aromatic nitrogens is 1. The summed E-state index contributed by atoms with van der Waals surface area (Å²) in [6.07, 6.45) is 0.773. The maximum Gasteiger partial charge on any atom is 0.251 e. The van der Waals surface area contributed by atoms with Gasteiger partial charge in [0.05, 0.1) is 10.7 Å². The molecule has 0 saturated heterocycles. The fourth-order valence-corrected chi connectivity index (χ4v) is 2.70. The SMILES string of the molecule is Cc1nc(CCNC(=O)c2ccc(CBr)cc2)cs1. The highest BCUT2D eigenvalue weighted by Gasteiger charge is 2.05. The molecular weight excluding hydrogens is 324 g/mol. The van der Waals surface area contributed by atoms with Crippen molar-refractivity contribution < 1.29 is 4.79 Å². The van der Waals surface area contributed by atoms with E-state index in [1.807, 2.05) is 36.6 Å². The van der Waals surface area contributed by atoms with Gasteiger partial charge in [-0.2, -0.15) is 0 Å². The molecule has 1 amide bonds. The molecule has 0 atom stereocenters. The van der Waals surface area contributed by atoms with Crippen LogP contribution < -0.4 is 5.32 Å². The zero-order chi connectivity index (χ0) is 13.7. The Morgan fingerprint density at radius 2 is 2.11 bits per heavy atom. The van der Waals surface area contributed by atoms with Crippen molar-refractivity contribution in [3.8, 4) is 0 Å². The lowest BCUT2D eigenvalue weighted by molar-refractivity contribution is 0.0954. The Kier molecular flexibility index (Phi) is 5.10. The van der Waals surface area contributed by atoms with Gasteiger partial charge in [0.25, 0.3) is 5.91 Å². The van der Waals surface area contributed by atoms with Crippen LogP contribution in [0.3, 0.4) is 0 Å². The molecule has 0 aliphatic rings. The van der Waals surface area contributed by atoms with E-state index in [0.29, 0.717) is 12.1 Å². The highest BCUT2D eigenvalue weighted by molar-refractivity contribution is 9.08. The number of amides is 1. The molecule has 0 radical (unpaired) electrons. The highest BCUT2D eigenvalue weighted by atomic mass is 79.9. The third-order valence-electron chi connectivity index (χ3n) is 2.70. The topological polar surface area (TPSA) is 42.0 Å². The molecule has 1 heterocycles. The van der Waals surface area contributed by atoms with Crippen molar-refractivity contribution >= 4 is 33.2 Å². The van der Waals surface area contributed by atoms with Gasteiger partial charge in [-0.1, -0.05) is 28.1 Å². The van der Waals surface area contributed by atoms with Crippen LogP contribution in [0.15, 0.2) is 29.6 Å². The number of carbonyl (C=O) groups is 1. The quantitative estimate of drug-likeness (QED) is 0.849. The van der Waals surface area contributed by atoms with E-state index in [-0.39, 0.29) is 5.91 Å². The first-order chi connectivity index (χ1) is 9.19. The van der Waals surface area contributed by atoms with Gasteiger partial charge in [0.2, 0.25) is 0 Å². The molecule has 3 nitrogen and oxygen atoms in total. The van der Waals surface area contributed by atoms with E-state index >= 15 is 0 Å². The maximum atomic E-state index is 11.9. The van der Waals surface area contributed by atoms with Crippen molar-refractivity contribution in [2.45, 2.75) is 18.7 Å². The Balaban J connectivity index is 1.83. The van der Waals surface area contributed by atoms with Gasteiger partial charge in [0.15, 0.2) is 0 Å². The molecule has 0 fully saturated rings. The van der Waals surface area contributed by atoms with Gasteiger partial charge in [-0.15, -0.1) is 11.3 Å². The van der Waals surface area contributed by atoms with Crippen molar-refractivity contribution in [2.75, 3.05) is 6.54 Å². The molecule has 1 aromatic heterocycles. The van der Waals surface area contributed by atoms with E-state index in [2.05, 4.69) is 26.2 Å². The summed E-state index contributed by atoms with van der Waals surface area (Å²) >= 11 is 5.02. The molecule has 2 aromatic rings. The Hall–Kier alpha value is -1.20. The van der Waals surface area contributed by atoms with E-state index in [0.717, 1.165) is 28.0 Å². The third-order valence-corrected chi connectivity index (χ3v) is 4.17. The lowest BCUT2D eigenvalue weighted by atomic mass is 10.1. The van der Waals surface area contributed by atoms with E-state index in [9.17, 15) is 4.79 Å². The predicted octanol–water partition coefficient (Wildman–Crippen LogP) is 3.32. The number of nitrogens with one attached hydrogen (secondary N) is 1. The third kappa shape index (κ3) is 4.14. The van der Waals surface area contributed by atoms with Gasteiger partial charge in [0, 0.05) is 29.2 Å². The number of aryl methyl sites for hydroxylation is 1. The highest BCUT2D eigenvalue weighted by Crippen LogP contribution is 2.09. The van der Waals surface area contributed by atoms with Crippen LogP contribution in [-0.4, -0.2) is 17.4 Å². The van der Waals surface area contributed by atoms with Crippen LogP contribution in [0.1, 0.15) is 26.6 Å². The summed E-state index contributed by atoms with van der Waals surface area (Å²) in [5.41, 5.74) is 2.89. The molecule has 100 valence electrons. The zero-order valence-corrected chi connectivity index (χ0v) is 13.1. The lowest BCUT2D eigenvalue weighted by Gasteiger charge is -2.04. The van der Waals surface area contributed by atoms with E-state index in [1.165, 1.54) is 0 Å². The van der Waals surface area contributed by atoms with Gasteiger partial charge in [-0.3, -0.25) is 4.79 Å². The normalized spacial score (nSPS) is 10.4. The van der Waals surface area contributed by atoms with Gasteiger partial charge >= 0.3 is 0 Å². The number of carbonyl (C=O) groups excluding carboxylic acids is 1. The first-order valence-corrected chi connectivity index (χ1v) is 8.03. The number of alkyl halides is 1. The van der Waals surface area contributed by atoms with Crippen molar-refractivity contribution in [3.63, 3.8) is 0 Å². The second-order valence-corrected chi connectivity index (χ2v) is 5.82.